The third-order valence-corrected chi connectivity index (χ3v) is 3.11. The Hall–Kier alpha value is -1.95. The second-order valence-corrected chi connectivity index (χ2v) is 5.00. The van der Waals surface area contributed by atoms with Crippen LogP contribution in [-0.2, 0) is 4.74 Å². The molecule has 0 spiro atoms. The van der Waals surface area contributed by atoms with Gasteiger partial charge in [-0.05, 0) is 18.9 Å². The molecule has 1 N–H and O–H groups in total. The summed E-state index contributed by atoms with van der Waals surface area (Å²) in [4.78, 5) is 30.3. The van der Waals surface area contributed by atoms with E-state index in [0.717, 1.165) is 12.8 Å². The van der Waals surface area contributed by atoms with Gasteiger partial charge < -0.3 is 15.0 Å². The van der Waals surface area contributed by atoms with Crippen LogP contribution in [0.4, 0.5) is 0 Å². The first-order chi connectivity index (χ1) is 10.6. The van der Waals surface area contributed by atoms with Gasteiger partial charge in [-0.1, -0.05) is 13.8 Å². The summed E-state index contributed by atoms with van der Waals surface area (Å²) in [5.41, 5.74) is 0.830. The summed E-state index contributed by atoms with van der Waals surface area (Å²) in [7, 11) is 1.57. The number of amides is 2. The van der Waals surface area contributed by atoms with Crippen molar-refractivity contribution in [3.8, 4) is 0 Å². The highest BCUT2D eigenvalue weighted by Crippen LogP contribution is 2.08. The molecular formula is C16H25N3O3. The van der Waals surface area contributed by atoms with Crippen LogP contribution in [0.15, 0.2) is 18.5 Å². The molecule has 122 valence electrons. The molecule has 0 aliphatic heterocycles. The topological polar surface area (TPSA) is 71.5 Å². The predicted octanol–water partition coefficient (Wildman–Crippen LogP) is 1.72. The van der Waals surface area contributed by atoms with E-state index in [1.54, 1.807) is 18.1 Å². The van der Waals surface area contributed by atoms with Crippen LogP contribution in [0.1, 0.15) is 47.4 Å². The van der Waals surface area contributed by atoms with Crippen LogP contribution in [-0.4, -0.2) is 55.0 Å². The summed E-state index contributed by atoms with van der Waals surface area (Å²) < 4.78 is 4.88. The lowest BCUT2D eigenvalue weighted by Crippen LogP contribution is -2.33. The van der Waals surface area contributed by atoms with Crippen molar-refractivity contribution in [3.05, 3.63) is 29.6 Å². The average molecular weight is 307 g/mol. The number of nitrogens with zero attached hydrogens (tertiary/aromatic N) is 2. The molecule has 0 aromatic carbocycles. The maximum atomic E-state index is 12.5. The third kappa shape index (κ3) is 5.44. The quantitative estimate of drug-likeness (QED) is 0.705. The van der Waals surface area contributed by atoms with E-state index in [1.165, 1.54) is 12.4 Å². The number of hydrogen-bond acceptors (Lipinski definition) is 4. The number of ether oxygens (including phenoxy) is 1. The summed E-state index contributed by atoms with van der Waals surface area (Å²) in [5.74, 6) is -0.334. The van der Waals surface area contributed by atoms with E-state index in [2.05, 4.69) is 10.3 Å². The minimum Gasteiger partial charge on any atom is -0.383 e. The van der Waals surface area contributed by atoms with Gasteiger partial charge in [0.05, 0.1) is 17.7 Å². The first-order valence-electron chi connectivity index (χ1n) is 7.65. The van der Waals surface area contributed by atoms with Gasteiger partial charge in [0.15, 0.2) is 0 Å². The number of aromatic nitrogens is 1. The number of methoxy groups -OCH3 is 1. The zero-order valence-electron chi connectivity index (χ0n) is 13.6. The molecule has 0 unspecified atom stereocenters. The highest BCUT2D eigenvalue weighted by molar-refractivity contribution is 5.99. The molecule has 22 heavy (non-hydrogen) atoms. The highest BCUT2D eigenvalue weighted by Gasteiger charge is 2.16. The Labute approximate surface area is 131 Å². The van der Waals surface area contributed by atoms with E-state index in [-0.39, 0.29) is 11.8 Å². The van der Waals surface area contributed by atoms with Gasteiger partial charge in [0.25, 0.3) is 11.8 Å². The van der Waals surface area contributed by atoms with Gasteiger partial charge in [-0.25, -0.2) is 0 Å². The van der Waals surface area contributed by atoms with Crippen LogP contribution < -0.4 is 5.32 Å². The van der Waals surface area contributed by atoms with Crippen LogP contribution in [0.2, 0.25) is 0 Å². The van der Waals surface area contributed by atoms with Gasteiger partial charge in [0.1, 0.15) is 0 Å². The van der Waals surface area contributed by atoms with Crippen molar-refractivity contribution in [2.24, 2.45) is 0 Å². The first-order valence-corrected chi connectivity index (χ1v) is 7.65. The first kappa shape index (κ1) is 18.1. The number of nitrogens with one attached hydrogen (secondary N) is 1. The molecule has 0 radical (unpaired) electrons. The molecule has 1 rings (SSSR count). The molecule has 2 amide bonds. The second kappa shape index (κ2) is 9.89. The molecule has 0 aliphatic carbocycles. The van der Waals surface area contributed by atoms with Gasteiger partial charge in [-0.15, -0.1) is 0 Å². The van der Waals surface area contributed by atoms with Gasteiger partial charge in [0, 0.05) is 39.1 Å². The molecule has 1 heterocycles. The van der Waals surface area contributed by atoms with Crippen molar-refractivity contribution in [3.63, 3.8) is 0 Å². The number of rotatable bonds is 9. The Morgan fingerprint density at radius 1 is 1.18 bits per heavy atom. The highest BCUT2D eigenvalue weighted by atomic mass is 16.5. The van der Waals surface area contributed by atoms with Gasteiger partial charge in [0.2, 0.25) is 0 Å². The maximum absolute atomic E-state index is 12.5. The Kier molecular flexibility index (Phi) is 8.14. The van der Waals surface area contributed by atoms with Crippen molar-refractivity contribution in [2.75, 3.05) is 33.4 Å². The molecule has 1 aromatic rings. The minimum atomic E-state index is -0.253. The molecule has 0 saturated heterocycles. The molecule has 6 heteroatoms. The fraction of sp³-hybridized carbons (Fsp3) is 0.562. The molecule has 6 nitrogen and oxygen atoms in total. The smallest absolute Gasteiger partial charge is 0.255 e. The fourth-order valence-electron chi connectivity index (χ4n) is 2.09. The standard InChI is InChI=1S/C16H25N3O3/c1-4-7-19(8-5-2)16(21)14-10-13(11-17-12-14)15(20)18-6-9-22-3/h10-12H,4-9H2,1-3H3,(H,18,20). The van der Waals surface area contributed by atoms with E-state index in [0.29, 0.717) is 37.4 Å². The lowest BCUT2D eigenvalue weighted by Gasteiger charge is -2.21. The maximum Gasteiger partial charge on any atom is 0.255 e. The number of pyridine rings is 1. The van der Waals surface area contributed by atoms with E-state index >= 15 is 0 Å². The molecular weight excluding hydrogens is 282 g/mol. The van der Waals surface area contributed by atoms with E-state index < -0.39 is 0 Å². The summed E-state index contributed by atoms with van der Waals surface area (Å²) in [6.07, 6.45) is 4.77. The predicted molar refractivity (Wildman–Crippen MR) is 84.9 cm³/mol. The Balaban J connectivity index is 2.81. The molecule has 0 saturated carbocycles. The van der Waals surface area contributed by atoms with E-state index in [4.69, 9.17) is 4.74 Å². The van der Waals surface area contributed by atoms with E-state index in [9.17, 15) is 9.59 Å². The zero-order chi connectivity index (χ0) is 16.4. The van der Waals surface area contributed by atoms with Crippen molar-refractivity contribution < 1.29 is 14.3 Å². The van der Waals surface area contributed by atoms with E-state index in [1.807, 2.05) is 13.8 Å². The van der Waals surface area contributed by atoms with Crippen molar-refractivity contribution in [2.45, 2.75) is 26.7 Å². The largest absolute Gasteiger partial charge is 0.383 e. The lowest BCUT2D eigenvalue weighted by atomic mass is 10.1. The van der Waals surface area contributed by atoms with Crippen molar-refractivity contribution in [1.82, 2.24) is 15.2 Å². The molecule has 0 atom stereocenters. The number of carbonyl (C=O) groups excluding carboxylic acids is 2. The summed E-state index contributed by atoms with van der Waals surface area (Å²) in [5, 5.41) is 2.72. The minimum absolute atomic E-state index is 0.0808. The monoisotopic (exact) mass is 307 g/mol. The van der Waals surface area contributed by atoms with Crippen LogP contribution in [0.25, 0.3) is 0 Å². The molecule has 0 fully saturated rings. The molecule has 0 aliphatic rings. The SMILES string of the molecule is CCCN(CCC)C(=O)c1cncc(C(=O)NCCOC)c1. The Morgan fingerprint density at radius 2 is 1.82 bits per heavy atom. The Bertz CT molecular complexity index is 485. The third-order valence-electron chi connectivity index (χ3n) is 3.11. The number of hydrogen-bond donors (Lipinski definition) is 1. The van der Waals surface area contributed by atoms with Gasteiger partial charge >= 0.3 is 0 Å². The summed E-state index contributed by atoms with van der Waals surface area (Å²) >= 11 is 0. The Morgan fingerprint density at radius 3 is 2.41 bits per heavy atom. The lowest BCUT2D eigenvalue weighted by molar-refractivity contribution is 0.0755. The number of carbonyl (C=O) groups is 2. The second-order valence-electron chi connectivity index (χ2n) is 5.00. The van der Waals surface area contributed by atoms with Crippen LogP contribution in [0, 0.1) is 0 Å². The molecule has 1 aromatic heterocycles. The van der Waals surface area contributed by atoms with Gasteiger partial charge in [-0.3, -0.25) is 14.6 Å². The van der Waals surface area contributed by atoms with Gasteiger partial charge in [-0.2, -0.15) is 0 Å². The summed E-state index contributed by atoms with van der Waals surface area (Å²) in [6.45, 7) is 6.35. The van der Waals surface area contributed by atoms with Crippen LogP contribution in [0.3, 0.4) is 0 Å². The summed E-state index contributed by atoms with van der Waals surface area (Å²) in [6, 6.07) is 1.59. The van der Waals surface area contributed by atoms with Crippen molar-refractivity contribution >= 4 is 11.8 Å². The van der Waals surface area contributed by atoms with Crippen LogP contribution in [0.5, 0.6) is 0 Å². The normalized spacial score (nSPS) is 10.3. The van der Waals surface area contributed by atoms with Crippen molar-refractivity contribution in [1.29, 1.82) is 0 Å². The zero-order valence-corrected chi connectivity index (χ0v) is 13.6. The van der Waals surface area contributed by atoms with Crippen LogP contribution >= 0.6 is 0 Å². The average Bonchev–Trinajstić information content (AvgIpc) is 2.54. The molecule has 0 bridgehead atoms. The fourth-order valence-corrected chi connectivity index (χ4v) is 2.09.